The van der Waals surface area contributed by atoms with Gasteiger partial charge in [0, 0.05) is 51.4 Å². The fourth-order valence-corrected chi connectivity index (χ4v) is 3.50. The highest BCUT2D eigenvalue weighted by molar-refractivity contribution is 5.84. The van der Waals surface area contributed by atoms with Gasteiger partial charge in [-0.05, 0) is 37.5 Å². The van der Waals surface area contributed by atoms with Gasteiger partial charge in [-0.15, -0.1) is 12.3 Å². The molecule has 0 spiro atoms. The molecule has 2 aliphatic rings. The van der Waals surface area contributed by atoms with E-state index >= 15 is 0 Å². The van der Waals surface area contributed by atoms with Crippen LogP contribution in [0.4, 0.5) is 10.6 Å². The highest BCUT2D eigenvalue weighted by Gasteiger charge is 2.24. The molecule has 0 bridgehead atoms. The molecule has 2 aliphatic heterocycles. The Morgan fingerprint density at radius 2 is 1.89 bits per heavy atom. The molecule has 3 rings (SSSR count). The third-order valence-electron chi connectivity index (χ3n) is 5.27. The summed E-state index contributed by atoms with van der Waals surface area (Å²) in [7, 11) is 0. The highest BCUT2D eigenvalue weighted by Crippen LogP contribution is 2.16. The number of pyridine rings is 1. The monoisotopic (exact) mass is 369 g/mol. The van der Waals surface area contributed by atoms with Crippen LogP contribution in [0.15, 0.2) is 18.3 Å². The summed E-state index contributed by atoms with van der Waals surface area (Å²) in [6, 6.07) is 3.84. The lowest BCUT2D eigenvalue weighted by Gasteiger charge is -2.35. The third-order valence-corrected chi connectivity index (χ3v) is 5.27. The van der Waals surface area contributed by atoms with Crippen molar-refractivity contribution in [1.29, 1.82) is 0 Å². The van der Waals surface area contributed by atoms with Crippen molar-refractivity contribution in [1.82, 2.24) is 20.1 Å². The van der Waals surface area contributed by atoms with E-state index in [1.807, 2.05) is 19.2 Å². The second-order valence-corrected chi connectivity index (χ2v) is 7.15. The third kappa shape index (κ3) is 4.91. The first-order valence-corrected chi connectivity index (χ1v) is 9.51. The van der Waals surface area contributed by atoms with Gasteiger partial charge in [0.2, 0.25) is 5.91 Å². The fraction of sp³-hybridized carbons (Fsp3) is 0.550. The molecule has 144 valence electrons. The Hall–Kier alpha value is -2.75. The maximum absolute atomic E-state index is 12.4. The molecule has 3 heterocycles. The number of likely N-dealkylation sites (tertiary alicyclic amines) is 1. The molecule has 0 aliphatic carbocycles. The number of nitrogens with one attached hydrogen (secondary N) is 1. The number of urea groups is 1. The van der Waals surface area contributed by atoms with E-state index in [0.717, 1.165) is 31.7 Å². The van der Waals surface area contributed by atoms with Crippen LogP contribution in [0.5, 0.6) is 0 Å². The van der Waals surface area contributed by atoms with Gasteiger partial charge in [0.05, 0.1) is 6.54 Å². The van der Waals surface area contributed by atoms with Gasteiger partial charge in [0.1, 0.15) is 5.82 Å². The number of carbonyl (C=O) groups is 2. The van der Waals surface area contributed by atoms with Gasteiger partial charge in [0.25, 0.3) is 0 Å². The van der Waals surface area contributed by atoms with Crippen LogP contribution in [0, 0.1) is 25.2 Å². The van der Waals surface area contributed by atoms with E-state index in [0.29, 0.717) is 26.2 Å². The minimum Gasteiger partial charge on any atom is -0.353 e. The van der Waals surface area contributed by atoms with Gasteiger partial charge in [-0.25, -0.2) is 9.78 Å². The number of aromatic nitrogens is 1. The summed E-state index contributed by atoms with van der Waals surface area (Å²) in [5, 5.41) is 2.76. The molecule has 7 nitrogen and oxygen atoms in total. The number of amides is 3. The largest absolute Gasteiger partial charge is 0.353 e. The van der Waals surface area contributed by atoms with Crippen LogP contribution >= 0.6 is 0 Å². The maximum atomic E-state index is 12.4. The van der Waals surface area contributed by atoms with Gasteiger partial charge >= 0.3 is 6.03 Å². The van der Waals surface area contributed by atoms with Crippen molar-refractivity contribution < 1.29 is 9.59 Å². The van der Waals surface area contributed by atoms with Crippen molar-refractivity contribution in [2.24, 2.45) is 5.92 Å². The topological polar surface area (TPSA) is 68.8 Å². The Morgan fingerprint density at radius 1 is 1.19 bits per heavy atom. The molecule has 7 heteroatoms. The molecule has 2 saturated heterocycles. The van der Waals surface area contributed by atoms with Crippen molar-refractivity contribution in [2.75, 3.05) is 50.7 Å². The first-order valence-electron chi connectivity index (χ1n) is 9.51. The molecule has 0 atom stereocenters. The van der Waals surface area contributed by atoms with Crippen molar-refractivity contribution in [2.45, 2.75) is 19.8 Å². The van der Waals surface area contributed by atoms with E-state index in [-0.39, 0.29) is 24.4 Å². The van der Waals surface area contributed by atoms with Crippen LogP contribution in [0.1, 0.15) is 18.4 Å². The lowest BCUT2D eigenvalue weighted by atomic mass is 9.98. The summed E-state index contributed by atoms with van der Waals surface area (Å²) >= 11 is 0. The number of aryl methyl sites for hydroxylation is 1. The lowest BCUT2D eigenvalue weighted by Crippen LogP contribution is -2.53. The average Bonchev–Trinajstić information content (AvgIpc) is 2.72. The smallest absolute Gasteiger partial charge is 0.317 e. The van der Waals surface area contributed by atoms with Crippen LogP contribution < -0.4 is 10.2 Å². The SMILES string of the molecule is C#CC1CCN(C(=O)CNC(=O)N2CCN(c3cc(C)ccn3)CC2)CC1. The number of terminal acetylenes is 1. The van der Waals surface area contributed by atoms with E-state index in [1.54, 1.807) is 9.80 Å². The fourth-order valence-electron chi connectivity index (χ4n) is 3.50. The second kappa shape index (κ2) is 8.76. The molecule has 2 fully saturated rings. The maximum Gasteiger partial charge on any atom is 0.317 e. The van der Waals surface area contributed by atoms with Gasteiger partial charge in [-0.3, -0.25) is 4.79 Å². The average molecular weight is 369 g/mol. The minimum absolute atomic E-state index is 0.0404. The van der Waals surface area contributed by atoms with E-state index in [4.69, 9.17) is 6.42 Å². The summed E-state index contributed by atoms with van der Waals surface area (Å²) in [6.07, 6.45) is 8.92. The Bertz CT molecular complexity index is 713. The van der Waals surface area contributed by atoms with Crippen LogP contribution in [0.25, 0.3) is 0 Å². The Morgan fingerprint density at radius 3 is 2.52 bits per heavy atom. The summed E-state index contributed by atoms with van der Waals surface area (Å²) in [4.78, 5) is 34.8. The van der Waals surface area contributed by atoms with E-state index in [1.165, 1.54) is 5.56 Å². The molecular weight excluding hydrogens is 342 g/mol. The zero-order valence-corrected chi connectivity index (χ0v) is 15.9. The molecule has 3 amide bonds. The Labute approximate surface area is 160 Å². The highest BCUT2D eigenvalue weighted by atomic mass is 16.2. The predicted octanol–water partition coefficient (Wildman–Crippen LogP) is 1.09. The first kappa shape index (κ1) is 19.0. The number of hydrogen-bond donors (Lipinski definition) is 1. The van der Waals surface area contributed by atoms with Gasteiger partial charge in [-0.2, -0.15) is 0 Å². The zero-order chi connectivity index (χ0) is 19.2. The Kier molecular flexibility index (Phi) is 6.17. The van der Waals surface area contributed by atoms with Crippen LogP contribution in [-0.4, -0.2) is 72.5 Å². The number of hydrogen-bond acceptors (Lipinski definition) is 4. The molecule has 1 aromatic rings. The molecule has 0 aromatic carbocycles. The molecule has 1 aromatic heterocycles. The molecular formula is C20H27N5O2. The number of anilines is 1. The van der Waals surface area contributed by atoms with Crippen molar-refractivity contribution in [3.05, 3.63) is 23.9 Å². The second-order valence-electron chi connectivity index (χ2n) is 7.15. The summed E-state index contributed by atoms with van der Waals surface area (Å²) < 4.78 is 0. The lowest BCUT2D eigenvalue weighted by molar-refractivity contribution is -0.131. The quantitative estimate of drug-likeness (QED) is 0.810. The minimum atomic E-state index is -0.182. The summed E-state index contributed by atoms with van der Waals surface area (Å²) in [5.74, 6) is 3.92. The molecule has 0 saturated carbocycles. The summed E-state index contributed by atoms with van der Waals surface area (Å²) in [5.41, 5.74) is 1.17. The number of rotatable bonds is 3. The van der Waals surface area contributed by atoms with Crippen molar-refractivity contribution in [3.8, 4) is 12.3 Å². The number of piperidine rings is 1. The normalized spacial score (nSPS) is 18.1. The van der Waals surface area contributed by atoms with Gasteiger partial charge < -0.3 is 20.0 Å². The molecule has 27 heavy (non-hydrogen) atoms. The first-order chi connectivity index (χ1) is 13.1. The molecule has 1 N–H and O–H groups in total. The zero-order valence-electron chi connectivity index (χ0n) is 15.9. The molecule has 0 radical (unpaired) electrons. The number of carbonyl (C=O) groups excluding carboxylic acids is 2. The van der Waals surface area contributed by atoms with E-state index in [2.05, 4.69) is 27.2 Å². The van der Waals surface area contributed by atoms with Crippen molar-refractivity contribution in [3.63, 3.8) is 0 Å². The number of piperazine rings is 1. The summed E-state index contributed by atoms with van der Waals surface area (Å²) in [6.45, 7) is 6.12. The van der Waals surface area contributed by atoms with Gasteiger partial charge in [0.15, 0.2) is 0 Å². The van der Waals surface area contributed by atoms with Crippen molar-refractivity contribution >= 4 is 17.8 Å². The van der Waals surface area contributed by atoms with E-state index in [9.17, 15) is 9.59 Å². The van der Waals surface area contributed by atoms with Crippen LogP contribution in [0.2, 0.25) is 0 Å². The Balaban J connectivity index is 1.41. The van der Waals surface area contributed by atoms with Crippen LogP contribution in [0.3, 0.4) is 0 Å². The standard InChI is InChI=1S/C20H27N5O2/c1-3-17-5-8-24(9-6-17)19(26)15-22-20(27)25-12-10-23(11-13-25)18-14-16(2)4-7-21-18/h1,4,7,14,17H,5-6,8-13,15H2,2H3,(H,22,27). The molecule has 0 unspecified atom stereocenters. The van der Waals surface area contributed by atoms with Gasteiger partial charge in [-0.1, -0.05) is 0 Å². The number of nitrogens with zero attached hydrogens (tertiary/aromatic N) is 4. The van der Waals surface area contributed by atoms with Crippen LogP contribution in [-0.2, 0) is 4.79 Å². The van der Waals surface area contributed by atoms with E-state index < -0.39 is 0 Å². The predicted molar refractivity (Wildman–Crippen MR) is 104 cm³/mol.